The fraction of sp³-hybridized carbons (Fsp3) is 0.571. The number of Topliss-reactive ketones (excluding diaryl/α,β-unsaturated/α-hetero) is 1. The molecule has 10 nitrogen and oxygen atoms in total. The number of aromatic nitrogens is 4. The van der Waals surface area contributed by atoms with Crippen molar-refractivity contribution in [1.29, 1.82) is 0 Å². The van der Waals surface area contributed by atoms with Crippen LogP contribution in [-0.2, 0) is 16.0 Å². The Kier molecular flexibility index (Phi) is 6.01. The van der Waals surface area contributed by atoms with Crippen LogP contribution in [0.4, 0.5) is 5.95 Å². The average molecular weight is 428 g/mol. The van der Waals surface area contributed by atoms with Gasteiger partial charge in [0.25, 0.3) is 5.56 Å². The Balaban J connectivity index is 1.77. The zero-order valence-electron chi connectivity index (χ0n) is 18.5. The minimum Gasteiger partial charge on any atom is -0.339 e. The Bertz CT molecular complexity index is 1090. The number of aryl methyl sites for hydroxylation is 1. The van der Waals surface area contributed by atoms with Crippen LogP contribution in [-0.4, -0.2) is 69.2 Å². The number of carbonyl (C=O) groups excluding carboxylic acids is 1. The molecule has 0 aliphatic carbocycles. The van der Waals surface area contributed by atoms with E-state index in [1.807, 2.05) is 18.5 Å². The second-order valence-electron chi connectivity index (χ2n) is 7.86. The number of hydrogen-bond acceptors (Lipinski definition) is 8. The summed E-state index contributed by atoms with van der Waals surface area (Å²) in [4.78, 5) is 40.7. The molecule has 31 heavy (non-hydrogen) atoms. The van der Waals surface area contributed by atoms with E-state index in [9.17, 15) is 9.59 Å². The van der Waals surface area contributed by atoms with E-state index in [2.05, 4.69) is 26.9 Å². The van der Waals surface area contributed by atoms with Crippen LogP contribution in [0.15, 0.2) is 21.6 Å². The maximum Gasteiger partial charge on any atom is 0.280 e. The topological polar surface area (TPSA) is 109 Å². The highest BCUT2D eigenvalue weighted by atomic mass is 16.5. The number of fused-ring (bicyclic) bond motifs is 1. The van der Waals surface area contributed by atoms with E-state index in [0.29, 0.717) is 29.6 Å². The normalized spacial score (nSPS) is 19.7. The predicted molar refractivity (Wildman–Crippen MR) is 118 cm³/mol. The van der Waals surface area contributed by atoms with Gasteiger partial charge in [-0.3, -0.25) is 29.1 Å². The van der Waals surface area contributed by atoms with Crippen LogP contribution in [0.1, 0.15) is 45.9 Å². The lowest BCUT2D eigenvalue weighted by Gasteiger charge is -2.39. The minimum absolute atomic E-state index is 0.126. The van der Waals surface area contributed by atoms with Crippen LogP contribution >= 0.6 is 0 Å². The molecule has 1 fully saturated rings. The zero-order chi connectivity index (χ0) is 22.1. The molecule has 2 aromatic heterocycles. The van der Waals surface area contributed by atoms with Gasteiger partial charge in [0.1, 0.15) is 5.52 Å². The number of hydrogen-bond donors (Lipinski definition) is 1. The highest BCUT2D eigenvalue weighted by Gasteiger charge is 2.31. The van der Waals surface area contributed by atoms with Crippen molar-refractivity contribution in [3.63, 3.8) is 0 Å². The molecule has 0 radical (unpaired) electrons. The summed E-state index contributed by atoms with van der Waals surface area (Å²) in [6.45, 7) is 11.0. The third-order valence-corrected chi connectivity index (χ3v) is 5.69. The van der Waals surface area contributed by atoms with Gasteiger partial charge in [0, 0.05) is 25.5 Å². The zero-order valence-corrected chi connectivity index (χ0v) is 18.5. The van der Waals surface area contributed by atoms with E-state index in [4.69, 9.17) is 9.72 Å². The van der Waals surface area contributed by atoms with Crippen LogP contribution in [0.3, 0.4) is 0 Å². The van der Waals surface area contributed by atoms with Crippen LogP contribution in [0.25, 0.3) is 11.0 Å². The summed E-state index contributed by atoms with van der Waals surface area (Å²) in [5.41, 5.74) is 1.95. The number of aliphatic imine (C=N–C) groups is 1. The molecule has 2 aliphatic heterocycles. The van der Waals surface area contributed by atoms with Crippen molar-refractivity contribution in [2.75, 3.05) is 31.1 Å². The van der Waals surface area contributed by atoms with Crippen molar-refractivity contribution in [1.82, 2.24) is 24.6 Å². The Morgan fingerprint density at radius 3 is 2.68 bits per heavy atom. The lowest BCUT2D eigenvalue weighted by atomic mass is 10.1. The monoisotopic (exact) mass is 427 g/mol. The largest absolute Gasteiger partial charge is 0.339 e. The fourth-order valence-electron chi connectivity index (χ4n) is 3.89. The van der Waals surface area contributed by atoms with E-state index < -0.39 is 6.35 Å². The molecular formula is C21H29N7O3. The number of nitrogens with one attached hydrogen (secondary N) is 1. The lowest BCUT2D eigenvalue weighted by molar-refractivity contribution is -0.113. The third-order valence-electron chi connectivity index (χ3n) is 5.69. The molecule has 1 saturated heterocycles. The summed E-state index contributed by atoms with van der Waals surface area (Å²) in [6, 6.07) is 0.247. The number of ketones is 1. The first-order valence-electron chi connectivity index (χ1n) is 10.9. The van der Waals surface area contributed by atoms with Crippen LogP contribution in [0, 0.1) is 0 Å². The van der Waals surface area contributed by atoms with Gasteiger partial charge in [-0.2, -0.15) is 5.10 Å². The van der Waals surface area contributed by atoms with Crippen molar-refractivity contribution in [3.05, 3.63) is 27.8 Å². The smallest absolute Gasteiger partial charge is 0.280 e. The number of anilines is 1. The molecule has 1 N–H and O–H groups in total. The number of allylic oxidation sites excluding steroid dienone is 1. The van der Waals surface area contributed by atoms with Gasteiger partial charge in [0.05, 0.1) is 23.9 Å². The van der Waals surface area contributed by atoms with Gasteiger partial charge >= 0.3 is 0 Å². The quantitative estimate of drug-likeness (QED) is 0.682. The molecule has 4 heterocycles. The average Bonchev–Trinajstić information content (AvgIpc) is 3.10. The van der Waals surface area contributed by atoms with Gasteiger partial charge in [-0.15, -0.1) is 0 Å². The van der Waals surface area contributed by atoms with Crippen LogP contribution in [0.5, 0.6) is 0 Å². The maximum atomic E-state index is 12.9. The van der Waals surface area contributed by atoms with Crippen LogP contribution in [0.2, 0.25) is 0 Å². The fourth-order valence-corrected chi connectivity index (χ4v) is 3.89. The Morgan fingerprint density at radius 1 is 1.26 bits per heavy atom. The molecule has 10 heteroatoms. The predicted octanol–water partition coefficient (Wildman–Crippen LogP) is 1.63. The Morgan fingerprint density at radius 2 is 2.03 bits per heavy atom. The summed E-state index contributed by atoms with van der Waals surface area (Å²) in [5.74, 6) is 0.158. The van der Waals surface area contributed by atoms with E-state index in [1.165, 1.54) is 13.1 Å². The standard InChI is InChI=1S/C21H29N7O3/c1-5-8-31-21-22-9-14(13(4)29)10-27(21)20-23-17-16(6-2)28(15-11-26(7-3)12-15)25-18(17)19(30)24-20/h9-10,15,21H,5-8,11-12H2,1-4H3,(H,23,24,30). The molecule has 1 atom stereocenters. The third kappa shape index (κ3) is 3.92. The number of nitrogens with zero attached hydrogens (tertiary/aromatic N) is 6. The molecule has 4 rings (SSSR count). The first kappa shape index (κ1) is 21.4. The molecule has 0 aromatic carbocycles. The summed E-state index contributed by atoms with van der Waals surface area (Å²) >= 11 is 0. The molecular weight excluding hydrogens is 398 g/mol. The summed E-state index contributed by atoms with van der Waals surface area (Å²) in [7, 11) is 0. The van der Waals surface area contributed by atoms with E-state index in [0.717, 1.165) is 31.7 Å². The Hall–Kier alpha value is -2.85. The molecule has 2 aromatic rings. The number of likely N-dealkylation sites (tertiary alicyclic amines) is 1. The van der Waals surface area contributed by atoms with Gasteiger partial charge < -0.3 is 4.74 Å². The van der Waals surface area contributed by atoms with Crippen molar-refractivity contribution in [2.24, 2.45) is 4.99 Å². The van der Waals surface area contributed by atoms with Gasteiger partial charge in [-0.25, -0.2) is 9.98 Å². The second-order valence-corrected chi connectivity index (χ2v) is 7.86. The van der Waals surface area contributed by atoms with Crippen molar-refractivity contribution in [2.45, 2.75) is 52.9 Å². The Labute approximate surface area is 180 Å². The number of likely N-dealkylation sites (N-methyl/N-ethyl adjacent to an activating group) is 1. The first-order chi connectivity index (χ1) is 15.0. The molecule has 166 valence electrons. The van der Waals surface area contributed by atoms with E-state index in [-0.39, 0.29) is 23.3 Å². The van der Waals surface area contributed by atoms with Gasteiger partial charge in [0.15, 0.2) is 11.3 Å². The second kappa shape index (κ2) is 8.72. The van der Waals surface area contributed by atoms with Crippen molar-refractivity contribution < 1.29 is 9.53 Å². The highest BCUT2D eigenvalue weighted by Crippen LogP contribution is 2.27. The van der Waals surface area contributed by atoms with Crippen molar-refractivity contribution in [3.8, 4) is 0 Å². The molecule has 0 amide bonds. The number of carbonyl (C=O) groups is 1. The van der Waals surface area contributed by atoms with Crippen LogP contribution < -0.4 is 10.5 Å². The maximum absolute atomic E-state index is 12.9. The highest BCUT2D eigenvalue weighted by molar-refractivity contribution is 6.12. The lowest BCUT2D eigenvalue weighted by Crippen LogP contribution is -2.48. The summed E-state index contributed by atoms with van der Waals surface area (Å²) in [5, 5.41) is 4.61. The molecule has 2 aliphatic rings. The van der Waals surface area contributed by atoms with Gasteiger partial charge in [-0.05, 0) is 26.3 Å². The molecule has 1 unspecified atom stereocenters. The summed E-state index contributed by atoms with van der Waals surface area (Å²) in [6.07, 6.45) is 3.95. The molecule has 0 bridgehead atoms. The van der Waals surface area contributed by atoms with E-state index >= 15 is 0 Å². The van der Waals surface area contributed by atoms with Gasteiger partial charge in [0.2, 0.25) is 12.3 Å². The first-order valence-corrected chi connectivity index (χ1v) is 10.9. The summed E-state index contributed by atoms with van der Waals surface area (Å²) < 4.78 is 7.77. The number of rotatable bonds is 8. The van der Waals surface area contributed by atoms with Gasteiger partial charge in [-0.1, -0.05) is 20.8 Å². The van der Waals surface area contributed by atoms with E-state index in [1.54, 1.807) is 11.1 Å². The number of aromatic amines is 1. The molecule has 0 spiro atoms. The number of ether oxygens (including phenoxy) is 1. The van der Waals surface area contributed by atoms with Crippen molar-refractivity contribution >= 4 is 29.0 Å². The molecule has 0 saturated carbocycles. The minimum atomic E-state index is -0.700. The number of H-pyrrole nitrogens is 1. The SMILES string of the molecule is CCCOC1N=CC(C(C)=O)=CN1c1nc2c(CC)n(C3CN(CC)C3)nc2c(=O)[nH]1.